The normalized spacial score (nSPS) is 10.6. The number of nitriles is 1. The fourth-order valence-corrected chi connectivity index (χ4v) is 2.27. The molecule has 138 valence electrons. The summed E-state index contributed by atoms with van der Waals surface area (Å²) in [6, 6.07) is 12.6. The molecule has 2 rings (SSSR count). The van der Waals surface area contributed by atoms with Gasteiger partial charge in [-0.1, -0.05) is 18.2 Å². The van der Waals surface area contributed by atoms with Crippen molar-refractivity contribution in [3.8, 4) is 17.6 Å². The van der Waals surface area contributed by atoms with Crippen molar-refractivity contribution in [2.45, 2.75) is 6.92 Å². The lowest BCUT2D eigenvalue weighted by Crippen LogP contribution is -2.17. The average molecular weight is 366 g/mol. The molecule has 0 spiro atoms. The Balaban J connectivity index is 2.29. The minimum atomic E-state index is -0.679. The van der Waals surface area contributed by atoms with Gasteiger partial charge in [0.05, 0.1) is 25.0 Å². The second kappa shape index (κ2) is 9.06. The fraction of sp³-hybridized carbons (Fsp3) is 0.150. The molecule has 0 atom stereocenters. The Bertz CT molecular complexity index is 928. The molecule has 2 N–H and O–H groups in total. The highest BCUT2D eigenvalue weighted by atomic mass is 16.5. The molecular weight excluding hydrogens is 348 g/mol. The Hall–Kier alpha value is -3.79. The van der Waals surface area contributed by atoms with Crippen molar-refractivity contribution in [1.29, 1.82) is 5.26 Å². The number of amides is 1. The van der Waals surface area contributed by atoms with Crippen LogP contribution in [0.5, 0.6) is 11.5 Å². The van der Waals surface area contributed by atoms with Crippen LogP contribution in [0.1, 0.15) is 22.8 Å². The van der Waals surface area contributed by atoms with Crippen molar-refractivity contribution in [3.63, 3.8) is 0 Å². The number of anilines is 1. The Kier molecular flexibility index (Phi) is 6.55. The number of phenolic OH excluding ortho intramolecular Hbond substituents is 1. The van der Waals surface area contributed by atoms with Crippen LogP contribution in [0.2, 0.25) is 0 Å². The molecule has 0 aliphatic heterocycles. The molecule has 0 fully saturated rings. The standard InChI is InChI=1S/C20H18N2O5/c1-3-27-20(25)15-6-4-5-7-16(15)22-19(24)14(12-21)10-13-8-9-17(23)18(11-13)26-2/h4-11,23H,3H2,1-2H3,(H,22,24). The summed E-state index contributed by atoms with van der Waals surface area (Å²) in [6.45, 7) is 1.88. The third kappa shape index (κ3) is 4.86. The number of nitrogens with one attached hydrogen (secondary N) is 1. The van der Waals surface area contributed by atoms with Gasteiger partial charge in [0, 0.05) is 0 Å². The monoisotopic (exact) mass is 366 g/mol. The van der Waals surface area contributed by atoms with Gasteiger partial charge >= 0.3 is 5.97 Å². The zero-order chi connectivity index (χ0) is 19.8. The maximum Gasteiger partial charge on any atom is 0.340 e. The number of benzene rings is 2. The topological polar surface area (TPSA) is 109 Å². The summed E-state index contributed by atoms with van der Waals surface area (Å²) < 4.78 is 9.97. The number of hydrogen-bond acceptors (Lipinski definition) is 6. The number of nitrogens with zero attached hydrogens (tertiary/aromatic N) is 1. The van der Waals surface area contributed by atoms with E-state index in [1.807, 2.05) is 6.07 Å². The summed E-state index contributed by atoms with van der Waals surface area (Å²) in [5.41, 5.74) is 0.748. The first-order chi connectivity index (χ1) is 13.0. The van der Waals surface area contributed by atoms with Gasteiger partial charge in [-0.2, -0.15) is 5.26 Å². The summed E-state index contributed by atoms with van der Waals surface area (Å²) >= 11 is 0. The van der Waals surface area contributed by atoms with Crippen molar-refractivity contribution in [3.05, 3.63) is 59.2 Å². The molecule has 0 aromatic heterocycles. The van der Waals surface area contributed by atoms with Crippen LogP contribution in [0.25, 0.3) is 6.08 Å². The number of carbonyl (C=O) groups is 2. The summed E-state index contributed by atoms with van der Waals surface area (Å²) in [4.78, 5) is 24.5. The molecule has 0 saturated heterocycles. The first-order valence-electron chi connectivity index (χ1n) is 8.06. The zero-order valence-electron chi connectivity index (χ0n) is 14.9. The minimum absolute atomic E-state index is 0.0547. The van der Waals surface area contributed by atoms with E-state index in [1.54, 1.807) is 25.1 Å². The van der Waals surface area contributed by atoms with Gasteiger partial charge in [-0.3, -0.25) is 4.79 Å². The number of para-hydroxylation sites is 1. The van der Waals surface area contributed by atoms with Gasteiger partial charge in [0.25, 0.3) is 5.91 Å². The van der Waals surface area contributed by atoms with Crippen molar-refractivity contribution in [2.75, 3.05) is 19.0 Å². The highest BCUT2D eigenvalue weighted by molar-refractivity contribution is 6.12. The quantitative estimate of drug-likeness (QED) is 0.462. The van der Waals surface area contributed by atoms with Gasteiger partial charge in [-0.15, -0.1) is 0 Å². The number of rotatable bonds is 6. The molecular formula is C20H18N2O5. The predicted molar refractivity (Wildman–Crippen MR) is 99.3 cm³/mol. The van der Waals surface area contributed by atoms with E-state index in [2.05, 4.69) is 5.32 Å². The molecule has 2 aromatic rings. The van der Waals surface area contributed by atoms with Crippen LogP contribution >= 0.6 is 0 Å². The first-order valence-corrected chi connectivity index (χ1v) is 8.06. The molecule has 7 nitrogen and oxygen atoms in total. The minimum Gasteiger partial charge on any atom is -0.504 e. The van der Waals surface area contributed by atoms with Crippen LogP contribution in [0.4, 0.5) is 5.69 Å². The largest absolute Gasteiger partial charge is 0.504 e. The number of esters is 1. The predicted octanol–water partition coefficient (Wildman–Crippen LogP) is 3.12. The number of phenols is 1. The van der Waals surface area contributed by atoms with Crippen LogP contribution in [-0.2, 0) is 9.53 Å². The van der Waals surface area contributed by atoms with Gasteiger partial charge in [-0.25, -0.2) is 4.79 Å². The summed E-state index contributed by atoms with van der Waals surface area (Å²) in [7, 11) is 1.40. The molecule has 1 amide bonds. The SMILES string of the molecule is CCOC(=O)c1ccccc1NC(=O)C(C#N)=Cc1ccc(O)c(OC)c1. The van der Waals surface area contributed by atoms with Crippen LogP contribution in [0, 0.1) is 11.3 Å². The Morgan fingerprint density at radius 3 is 2.67 bits per heavy atom. The Labute approximate surface area is 156 Å². The number of aromatic hydroxyl groups is 1. The van der Waals surface area contributed by atoms with E-state index < -0.39 is 11.9 Å². The molecule has 0 aliphatic rings. The molecule has 0 heterocycles. The van der Waals surface area contributed by atoms with Gasteiger partial charge < -0.3 is 19.9 Å². The Morgan fingerprint density at radius 1 is 1.26 bits per heavy atom. The summed E-state index contributed by atoms with van der Waals surface area (Å²) in [6.07, 6.45) is 1.35. The number of carbonyl (C=O) groups excluding carboxylic acids is 2. The smallest absolute Gasteiger partial charge is 0.340 e. The van der Waals surface area contributed by atoms with Crippen LogP contribution in [0.15, 0.2) is 48.0 Å². The van der Waals surface area contributed by atoms with E-state index >= 15 is 0 Å². The second-order valence-corrected chi connectivity index (χ2v) is 5.32. The Morgan fingerprint density at radius 2 is 2.00 bits per heavy atom. The van der Waals surface area contributed by atoms with Crippen molar-refractivity contribution in [1.82, 2.24) is 0 Å². The maximum atomic E-state index is 12.5. The zero-order valence-corrected chi connectivity index (χ0v) is 14.9. The fourth-order valence-electron chi connectivity index (χ4n) is 2.27. The molecule has 7 heteroatoms. The van der Waals surface area contributed by atoms with E-state index in [-0.39, 0.29) is 34.9 Å². The first kappa shape index (κ1) is 19.5. The molecule has 0 unspecified atom stereocenters. The number of methoxy groups -OCH3 is 1. The van der Waals surface area contributed by atoms with E-state index in [9.17, 15) is 20.0 Å². The van der Waals surface area contributed by atoms with Crippen LogP contribution in [-0.4, -0.2) is 30.7 Å². The maximum absolute atomic E-state index is 12.5. The number of hydrogen-bond donors (Lipinski definition) is 2. The van der Waals surface area contributed by atoms with Crippen LogP contribution < -0.4 is 10.1 Å². The van der Waals surface area contributed by atoms with Gasteiger partial charge in [-0.05, 0) is 42.8 Å². The van der Waals surface area contributed by atoms with Gasteiger partial charge in [0.15, 0.2) is 11.5 Å². The molecule has 27 heavy (non-hydrogen) atoms. The van der Waals surface area contributed by atoms with Crippen molar-refractivity contribution < 1.29 is 24.2 Å². The lowest BCUT2D eigenvalue weighted by atomic mass is 10.1. The lowest BCUT2D eigenvalue weighted by Gasteiger charge is -2.10. The third-order valence-corrected chi connectivity index (χ3v) is 3.55. The van der Waals surface area contributed by atoms with Crippen molar-refractivity contribution >= 4 is 23.6 Å². The van der Waals surface area contributed by atoms with E-state index in [0.29, 0.717) is 5.56 Å². The molecule has 0 saturated carbocycles. The second-order valence-electron chi connectivity index (χ2n) is 5.32. The van der Waals surface area contributed by atoms with Crippen LogP contribution in [0.3, 0.4) is 0 Å². The molecule has 2 aromatic carbocycles. The summed E-state index contributed by atoms with van der Waals surface area (Å²) in [5.74, 6) is -1.09. The van der Waals surface area contributed by atoms with E-state index in [0.717, 1.165) is 0 Å². The highest BCUT2D eigenvalue weighted by Gasteiger charge is 2.16. The van der Waals surface area contributed by atoms with E-state index in [1.165, 1.54) is 37.5 Å². The van der Waals surface area contributed by atoms with E-state index in [4.69, 9.17) is 9.47 Å². The summed E-state index contributed by atoms with van der Waals surface area (Å²) in [5, 5.41) is 21.5. The van der Waals surface area contributed by atoms with Gasteiger partial charge in [0.2, 0.25) is 0 Å². The van der Waals surface area contributed by atoms with Gasteiger partial charge in [0.1, 0.15) is 11.6 Å². The highest BCUT2D eigenvalue weighted by Crippen LogP contribution is 2.27. The average Bonchev–Trinajstić information content (AvgIpc) is 2.67. The van der Waals surface area contributed by atoms with Crippen molar-refractivity contribution in [2.24, 2.45) is 0 Å². The molecule has 0 aliphatic carbocycles. The number of ether oxygens (including phenoxy) is 2. The lowest BCUT2D eigenvalue weighted by molar-refractivity contribution is -0.112. The molecule has 0 bridgehead atoms. The molecule has 0 radical (unpaired) electrons. The third-order valence-electron chi connectivity index (χ3n) is 3.55.